The van der Waals surface area contributed by atoms with Gasteiger partial charge < -0.3 is 9.64 Å². The van der Waals surface area contributed by atoms with Crippen molar-refractivity contribution in [3.63, 3.8) is 0 Å². The average molecular weight is 369 g/mol. The zero-order valence-electron chi connectivity index (χ0n) is 14.7. The van der Waals surface area contributed by atoms with E-state index in [4.69, 9.17) is 16.3 Å². The Bertz CT molecular complexity index is 878. The highest BCUT2D eigenvalue weighted by Gasteiger charge is 2.29. The Kier molecular flexibility index (Phi) is 4.91. The maximum Gasteiger partial charge on any atom is 0.177 e. The van der Waals surface area contributed by atoms with Crippen molar-refractivity contribution in [1.82, 2.24) is 15.0 Å². The zero-order valence-corrected chi connectivity index (χ0v) is 15.4. The Morgan fingerprint density at radius 1 is 1.15 bits per heavy atom. The normalized spacial score (nSPS) is 17.0. The Hall–Kier alpha value is -2.37. The second-order valence-electron chi connectivity index (χ2n) is 6.37. The summed E-state index contributed by atoms with van der Waals surface area (Å²) in [6.07, 6.45) is 2.77. The fraction of sp³-hybridized carbons (Fsp3) is 0.300. The third kappa shape index (κ3) is 3.45. The van der Waals surface area contributed by atoms with E-state index < -0.39 is 0 Å². The van der Waals surface area contributed by atoms with Gasteiger partial charge in [-0.3, -0.25) is 0 Å². The van der Waals surface area contributed by atoms with E-state index in [-0.39, 0.29) is 6.23 Å². The van der Waals surface area contributed by atoms with E-state index in [1.54, 1.807) is 4.68 Å². The van der Waals surface area contributed by atoms with Gasteiger partial charge in [-0.2, -0.15) is 0 Å². The third-order valence-electron chi connectivity index (χ3n) is 4.67. The van der Waals surface area contributed by atoms with Crippen LogP contribution in [-0.4, -0.2) is 28.1 Å². The number of nitrogens with zero attached hydrogens (tertiary/aromatic N) is 4. The predicted molar refractivity (Wildman–Crippen MR) is 102 cm³/mol. The standard InChI is InChI=1S/C20H21ClN4O/c1-2-15-7-9-17(10-8-15)25-11-12-26-20(25)19-14-24(23-22-19)13-16-5-3-4-6-18(16)21/h3-10,14,20H,2,11-13H2,1H3/t20-/m0/s1. The van der Waals surface area contributed by atoms with Gasteiger partial charge in [0.05, 0.1) is 19.3 Å². The molecule has 0 radical (unpaired) electrons. The quantitative estimate of drug-likeness (QED) is 0.680. The summed E-state index contributed by atoms with van der Waals surface area (Å²) in [5, 5.41) is 9.33. The van der Waals surface area contributed by atoms with Gasteiger partial charge in [0.15, 0.2) is 6.23 Å². The molecule has 2 heterocycles. The highest BCUT2D eigenvalue weighted by molar-refractivity contribution is 6.31. The van der Waals surface area contributed by atoms with Crippen LogP contribution in [0.3, 0.4) is 0 Å². The van der Waals surface area contributed by atoms with Gasteiger partial charge >= 0.3 is 0 Å². The summed E-state index contributed by atoms with van der Waals surface area (Å²) in [7, 11) is 0. The first-order valence-electron chi connectivity index (χ1n) is 8.85. The van der Waals surface area contributed by atoms with E-state index in [9.17, 15) is 0 Å². The van der Waals surface area contributed by atoms with Gasteiger partial charge in [-0.1, -0.05) is 54.1 Å². The topological polar surface area (TPSA) is 43.2 Å². The largest absolute Gasteiger partial charge is 0.350 e. The molecule has 134 valence electrons. The number of aryl methyl sites for hydroxylation is 1. The molecule has 6 heteroatoms. The molecule has 2 aromatic carbocycles. The Morgan fingerprint density at radius 2 is 1.96 bits per heavy atom. The highest BCUT2D eigenvalue weighted by atomic mass is 35.5. The molecule has 1 fully saturated rings. The molecule has 0 spiro atoms. The number of halogens is 1. The van der Waals surface area contributed by atoms with Crippen LogP contribution in [0.25, 0.3) is 0 Å². The Labute approximate surface area is 158 Å². The van der Waals surface area contributed by atoms with Crippen molar-refractivity contribution in [2.75, 3.05) is 18.1 Å². The smallest absolute Gasteiger partial charge is 0.177 e. The van der Waals surface area contributed by atoms with Gasteiger partial charge in [-0.25, -0.2) is 4.68 Å². The van der Waals surface area contributed by atoms with Crippen molar-refractivity contribution < 1.29 is 4.74 Å². The molecule has 4 rings (SSSR count). The molecule has 26 heavy (non-hydrogen) atoms. The lowest BCUT2D eigenvalue weighted by molar-refractivity contribution is 0.110. The van der Waals surface area contributed by atoms with Crippen LogP contribution >= 0.6 is 11.6 Å². The van der Waals surface area contributed by atoms with Gasteiger partial charge in [0.25, 0.3) is 0 Å². The highest BCUT2D eigenvalue weighted by Crippen LogP contribution is 2.31. The molecule has 5 nitrogen and oxygen atoms in total. The van der Waals surface area contributed by atoms with Gasteiger partial charge in [0.1, 0.15) is 5.69 Å². The number of benzene rings is 2. The van der Waals surface area contributed by atoms with Gasteiger partial charge in [-0.05, 0) is 35.7 Å². The molecular weight excluding hydrogens is 348 g/mol. The minimum atomic E-state index is -0.206. The number of hydrogen-bond donors (Lipinski definition) is 0. The number of aromatic nitrogens is 3. The zero-order chi connectivity index (χ0) is 17.9. The maximum atomic E-state index is 6.24. The summed E-state index contributed by atoms with van der Waals surface area (Å²) in [5.41, 5.74) is 4.31. The minimum absolute atomic E-state index is 0.206. The summed E-state index contributed by atoms with van der Waals surface area (Å²) in [5.74, 6) is 0. The number of ether oxygens (including phenoxy) is 1. The molecule has 0 amide bonds. The lowest BCUT2D eigenvalue weighted by Crippen LogP contribution is -2.23. The molecule has 0 saturated carbocycles. The number of hydrogen-bond acceptors (Lipinski definition) is 4. The SMILES string of the molecule is CCc1ccc(N2CCO[C@H]2c2cn(Cc3ccccc3Cl)nn2)cc1. The van der Waals surface area contributed by atoms with Crippen LogP contribution in [0.4, 0.5) is 5.69 Å². The molecule has 3 aromatic rings. The Balaban J connectivity index is 1.53. The lowest BCUT2D eigenvalue weighted by atomic mass is 10.1. The van der Waals surface area contributed by atoms with Crippen LogP contribution in [0, 0.1) is 0 Å². The first-order chi connectivity index (χ1) is 12.7. The fourth-order valence-corrected chi connectivity index (χ4v) is 3.40. The molecule has 0 N–H and O–H groups in total. The molecule has 0 unspecified atom stereocenters. The number of rotatable bonds is 5. The molecule has 1 aromatic heterocycles. The van der Waals surface area contributed by atoms with Gasteiger partial charge in [-0.15, -0.1) is 5.10 Å². The molecular formula is C20H21ClN4O. The third-order valence-corrected chi connectivity index (χ3v) is 5.04. The van der Waals surface area contributed by atoms with Crippen molar-refractivity contribution in [1.29, 1.82) is 0 Å². The molecule has 1 atom stereocenters. The van der Waals surface area contributed by atoms with Crippen molar-refractivity contribution in [2.45, 2.75) is 26.1 Å². The molecule has 1 aliphatic rings. The second-order valence-corrected chi connectivity index (χ2v) is 6.78. The fourth-order valence-electron chi connectivity index (χ4n) is 3.21. The van der Waals surface area contributed by atoms with Gasteiger partial charge in [0, 0.05) is 17.3 Å². The van der Waals surface area contributed by atoms with Gasteiger partial charge in [0.2, 0.25) is 0 Å². The first-order valence-corrected chi connectivity index (χ1v) is 9.23. The van der Waals surface area contributed by atoms with E-state index in [0.717, 1.165) is 34.9 Å². The number of anilines is 1. The van der Waals surface area contributed by atoms with Crippen molar-refractivity contribution in [3.8, 4) is 0 Å². The summed E-state index contributed by atoms with van der Waals surface area (Å²) in [6.45, 7) is 4.27. The monoisotopic (exact) mass is 368 g/mol. The summed E-state index contributed by atoms with van der Waals surface area (Å²) < 4.78 is 7.74. The first kappa shape index (κ1) is 17.1. The molecule has 0 bridgehead atoms. The minimum Gasteiger partial charge on any atom is -0.350 e. The summed E-state index contributed by atoms with van der Waals surface area (Å²) in [4.78, 5) is 2.23. The molecule has 1 aliphatic heterocycles. The van der Waals surface area contributed by atoms with Crippen molar-refractivity contribution >= 4 is 17.3 Å². The predicted octanol–water partition coefficient (Wildman–Crippen LogP) is 4.08. The lowest BCUT2D eigenvalue weighted by Gasteiger charge is -2.23. The van der Waals surface area contributed by atoms with E-state index in [1.807, 2.05) is 30.5 Å². The maximum absolute atomic E-state index is 6.24. The summed E-state index contributed by atoms with van der Waals surface area (Å²) >= 11 is 6.24. The van der Waals surface area contributed by atoms with E-state index >= 15 is 0 Å². The van der Waals surface area contributed by atoms with Crippen LogP contribution < -0.4 is 4.90 Å². The van der Waals surface area contributed by atoms with Crippen molar-refractivity contribution in [3.05, 3.63) is 76.6 Å². The van der Waals surface area contributed by atoms with Crippen LogP contribution in [-0.2, 0) is 17.7 Å². The average Bonchev–Trinajstić information content (AvgIpc) is 3.33. The molecule has 1 saturated heterocycles. The van der Waals surface area contributed by atoms with E-state index in [1.165, 1.54) is 5.56 Å². The molecule has 0 aliphatic carbocycles. The van der Waals surface area contributed by atoms with Crippen LogP contribution in [0.5, 0.6) is 0 Å². The van der Waals surface area contributed by atoms with Crippen LogP contribution in [0.1, 0.15) is 30.0 Å². The van der Waals surface area contributed by atoms with Crippen molar-refractivity contribution in [2.24, 2.45) is 0 Å². The Morgan fingerprint density at radius 3 is 2.73 bits per heavy atom. The second kappa shape index (κ2) is 7.48. The van der Waals surface area contributed by atoms with E-state index in [0.29, 0.717) is 13.2 Å². The summed E-state index contributed by atoms with van der Waals surface area (Å²) in [6, 6.07) is 16.4. The van der Waals surface area contributed by atoms with E-state index in [2.05, 4.69) is 46.4 Å². The van der Waals surface area contributed by atoms with Crippen LogP contribution in [0.15, 0.2) is 54.7 Å². The van der Waals surface area contributed by atoms with Crippen LogP contribution in [0.2, 0.25) is 5.02 Å².